The number of halogens is 3. The molecule has 0 radical (unpaired) electrons. The van der Waals surface area contributed by atoms with E-state index < -0.39 is 0 Å². The van der Waals surface area contributed by atoms with Gasteiger partial charge in [-0.25, -0.2) is 0 Å². The van der Waals surface area contributed by atoms with Gasteiger partial charge in [0.05, 0.1) is 0 Å². The highest BCUT2D eigenvalue weighted by molar-refractivity contribution is 9.11. The molecule has 1 heterocycles. The molecule has 1 aliphatic rings. The van der Waals surface area contributed by atoms with E-state index in [-0.39, 0.29) is 11.8 Å². The lowest BCUT2D eigenvalue weighted by atomic mass is 10.0. The van der Waals surface area contributed by atoms with Crippen LogP contribution >= 0.6 is 47.8 Å². The Morgan fingerprint density at radius 3 is 1.26 bits per heavy atom. The van der Waals surface area contributed by atoms with Crippen LogP contribution < -0.4 is 0 Å². The lowest BCUT2D eigenvalue weighted by molar-refractivity contribution is -0.133. The van der Waals surface area contributed by atoms with Crippen molar-refractivity contribution in [3.05, 3.63) is 101 Å². The number of hydrogen-bond donors (Lipinski definition) is 0. The van der Waals surface area contributed by atoms with E-state index in [1.807, 2.05) is 24.8 Å². The van der Waals surface area contributed by atoms with E-state index in [1.54, 1.807) is 4.90 Å². The Hall–Kier alpha value is -2.33. The number of nitrogens with zero attached hydrogens (tertiary/aromatic N) is 3. The van der Waals surface area contributed by atoms with Gasteiger partial charge in [0.25, 0.3) is 0 Å². The fourth-order valence-electron chi connectivity index (χ4n) is 5.32. The van der Waals surface area contributed by atoms with E-state index >= 15 is 0 Å². The second kappa shape index (κ2) is 22.6. The highest BCUT2D eigenvalue weighted by atomic mass is 79.9. The zero-order chi connectivity index (χ0) is 37.4. The van der Waals surface area contributed by atoms with Crippen molar-refractivity contribution in [2.45, 2.75) is 107 Å². The Labute approximate surface area is 326 Å². The van der Waals surface area contributed by atoms with Crippen LogP contribution in [0.25, 0.3) is 0 Å². The maximum atomic E-state index is 13.4. The SMILES string of the molecule is CC(C)CC(=O)N1Cc2cc(Br)cc(c2)CN(C)Cc2cc(Br)cc(c2)CN(C=O)Cc2cc(Br)cc(c2)C1.CC(C)CC=O.CCC(C)C. The first-order valence-electron chi connectivity index (χ1n) is 17.5. The highest BCUT2D eigenvalue weighted by Gasteiger charge is 2.18. The van der Waals surface area contributed by atoms with Gasteiger partial charge >= 0.3 is 0 Å². The number of rotatable bonds is 6. The minimum Gasteiger partial charge on any atom is -0.337 e. The topological polar surface area (TPSA) is 60.9 Å². The summed E-state index contributed by atoms with van der Waals surface area (Å²) in [5.41, 5.74) is 6.58. The van der Waals surface area contributed by atoms with Crippen molar-refractivity contribution in [3.8, 4) is 0 Å². The van der Waals surface area contributed by atoms with Gasteiger partial charge in [0.15, 0.2) is 0 Å². The first-order valence-corrected chi connectivity index (χ1v) is 19.9. The molecule has 0 N–H and O–H groups in total. The van der Waals surface area contributed by atoms with Gasteiger partial charge in [-0.2, -0.15) is 0 Å². The van der Waals surface area contributed by atoms with Crippen LogP contribution in [0.2, 0.25) is 0 Å². The van der Waals surface area contributed by atoms with Gasteiger partial charge in [0.1, 0.15) is 6.29 Å². The minimum absolute atomic E-state index is 0.137. The number of carbonyl (C=O) groups excluding carboxylic acids is 3. The summed E-state index contributed by atoms with van der Waals surface area (Å²) >= 11 is 11.0. The van der Waals surface area contributed by atoms with Crippen molar-refractivity contribution in [3.63, 3.8) is 0 Å². The number of amides is 2. The normalized spacial score (nSPS) is 13.9. The third-order valence-electron chi connectivity index (χ3n) is 7.94. The van der Waals surface area contributed by atoms with Gasteiger partial charge in [-0.05, 0) is 94.6 Å². The summed E-state index contributed by atoms with van der Waals surface area (Å²) in [5.74, 6) is 1.82. The molecule has 2 amide bonds. The van der Waals surface area contributed by atoms with E-state index in [0.29, 0.717) is 44.9 Å². The van der Waals surface area contributed by atoms with Crippen LogP contribution in [-0.2, 0) is 53.7 Å². The standard InChI is InChI=1S/C31H34Br3N3O2.C5H10O.C5H12/c1-21(2)4-31(39)37-18-26-6-23(9-29(33)12-26)15-35(3)14-22-5-24(10-28(32)8-22)16-36(20-38)17-25-7-27(19-37)13-30(34)11-25;1-5(2)3-4-6;1-4-5(2)3/h5-13,20-21H,4,14-19H2,1-3H3;4-5H,3H2,1-2H3;5H,4H2,1-3H3. The summed E-state index contributed by atoms with van der Waals surface area (Å²) in [7, 11) is 2.11. The number of fused-ring (bicyclic) bond motifs is 6. The zero-order valence-corrected chi connectivity index (χ0v) is 35.9. The summed E-state index contributed by atoms with van der Waals surface area (Å²) in [6.07, 6.45) is 4.36. The molecule has 50 heavy (non-hydrogen) atoms. The van der Waals surface area contributed by atoms with Crippen molar-refractivity contribution in [1.29, 1.82) is 0 Å². The highest BCUT2D eigenvalue weighted by Crippen LogP contribution is 2.25. The molecular formula is C41H56Br3N3O3. The van der Waals surface area contributed by atoms with E-state index in [0.717, 1.165) is 67.4 Å². The van der Waals surface area contributed by atoms with Crippen molar-refractivity contribution in [2.24, 2.45) is 17.8 Å². The molecule has 0 aliphatic carbocycles. The lowest BCUT2D eigenvalue weighted by Gasteiger charge is -2.26. The van der Waals surface area contributed by atoms with Crippen LogP contribution in [0.5, 0.6) is 0 Å². The van der Waals surface area contributed by atoms with Crippen LogP contribution in [0.4, 0.5) is 0 Å². The molecule has 6 bridgehead atoms. The molecule has 0 saturated heterocycles. The number of aldehydes is 1. The van der Waals surface area contributed by atoms with Crippen LogP contribution in [-0.4, -0.2) is 40.4 Å². The molecule has 0 saturated carbocycles. The molecule has 0 atom stereocenters. The molecule has 274 valence electrons. The maximum Gasteiger partial charge on any atom is 0.223 e. The Balaban J connectivity index is 0.000000684. The number of hydrogen-bond acceptors (Lipinski definition) is 4. The Morgan fingerprint density at radius 2 is 0.980 bits per heavy atom. The fourth-order valence-corrected chi connectivity index (χ4v) is 7.09. The van der Waals surface area contributed by atoms with Gasteiger partial charge in [0, 0.05) is 65.5 Å². The summed E-state index contributed by atoms with van der Waals surface area (Å²) < 4.78 is 2.95. The number of carbonyl (C=O) groups is 3. The molecule has 9 heteroatoms. The van der Waals surface area contributed by atoms with Crippen LogP contribution in [0, 0.1) is 17.8 Å². The molecule has 1 aliphatic heterocycles. The molecule has 3 aromatic rings. The zero-order valence-electron chi connectivity index (χ0n) is 31.1. The predicted molar refractivity (Wildman–Crippen MR) is 217 cm³/mol. The molecule has 6 nitrogen and oxygen atoms in total. The molecule has 4 rings (SSSR count). The van der Waals surface area contributed by atoms with Gasteiger partial charge in [-0.3, -0.25) is 14.5 Å². The smallest absolute Gasteiger partial charge is 0.223 e. The molecule has 0 spiro atoms. The summed E-state index contributed by atoms with van der Waals surface area (Å²) in [4.78, 5) is 41.1. The Bertz CT molecular complexity index is 1530. The summed E-state index contributed by atoms with van der Waals surface area (Å²) in [6, 6.07) is 19.1. The average molecular weight is 879 g/mol. The second-order valence-corrected chi connectivity index (χ2v) is 17.3. The van der Waals surface area contributed by atoms with Gasteiger partial charge in [-0.1, -0.05) is 121 Å². The summed E-state index contributed by atoms with van der Waals surface area (Å²) in [6.45, 7) is 18.4. The quantitative estimate of drug-likeness (QED) is 0.232. The monoisotopic (exact) mass is 875 g/mol. The van der Waals surface area contributed by atoms with Crippen LogP contribution in [0.15, 0.2) is 68.0 Å². The predicted octanol–water partition coefficient (Wildman–Crippen LogP) is 10.9. The largest absolute Gasteiger partial charge is 0.337 e. The van der Waals surface area contributed by atoms with Crippen molar-refractivity contribution >= 4 is 66.4 Å². The third-order valence-corrected chi connectivity index (χ3v) is 9.32. The average Bonchev–Trinajstić information content (AvgIpc) is 2.99. The first kappa shape index (κ1) is 43.8. The summed E-state index contributed by atoms with van der Waals surface area (Å²) in [5, 5.41) is 0. The van der Waals surface area contributed by atoms with Crippen molar-refractivity contribution in [1.82, 2.24) is 14.7 Å². The molecular weight excluding hydrogens is 822 g/mol. The maximum absolute atomic E-state index is 13.4. The molecule has 0 unspecified atom stereocenters. The third kappa shape index (κ3) is 17.3. The molecule has 3 aromatic carbocycles. The second-order valence-electron chi connectivity index (χ2n) is 14.5. The Morgan fingerprint density at radius 1 is 0.620 bits per heavy atom. The van der Waals surface area contributed by atoms with E-state index in [9.17, 15) is 14.4 Å². The van der Waals surface area contributed by atoms with E-state index in [2.05, 4.69) is 143 Å². The van der Waals surface area contributed by atoms with Crippen molar-refractivity contribution < 1.29 is 14.4 Å². The van der Waals surface area contributed by atoms with E-state index in [4.69, 9.17) is 0 Å². The van der Waals surface area contributed by atoms with Crippen LogP contribution in [0.1, 0.15) is 101 Å². The molecule has 0 aromatic heterocycles. The first-order chi connectivity index (χ1) is 23.6. The van der Waals surface area contributed by atoms with Gasteiger partial charge in [0.2, 0.25) is 12.3 Å². The number of benzene rings is 3. The lowest BCUT2D eigenvalue weighted by Crippen LogP contribution is -2.31. The van der Waals surface area contributed by atoms with Gasteiger partial charge in [-0.15, -0.1) is 0 Å². The van der Waals surface area contributed by atoms with Crippen LogP contribution in [0.3, 0.4) is 0 Å². The fraction of sp³-hybridized carbons (Fsp3) is 0.488. The van der Waals surface area contributed by atoms with Crippen molar-refractivity contribution in [2.75, 3.05) is 7.05 Å². The Kier molecular flexibility index (Phi) is 19.8. The molecule has 0 fully saturated rings. The minimum atomic E-state index is 0.137. The van der Waals surface area contributed by atoms with E-state index in [1.165, 1.54) is 17.5 Å². The van der Waals surface area contributed by atoms with Gasteiger partial charge < -0.3 is 14.6 Å².